The first-order valence-corrected chi connectivity index (χ1v) is 7.05. The molecule has 0 spiro atoms. The van der Waals surface area contributed by atoms with E-state index in [-0.39, 0.29) is 18.6 Å². The van der Waals surface area contributed by atoms with Crippen LogP contribution in [0, 0.1) is 0 Å². The van der Waals surface area contributed by atoms with Crippen molar-refractivity contribution in [2.45, 2.75) is 54.8 Å². The lowest BCUT2D eigenvalue weighted by Gasteiger charge is -2.43. The van der Waals surface area contributed by atoms with Crippen molar-refractivity contribution in [1.29, 1.82) is 0 Å². The van der Waals surface area contributed by atoms with Gasteiger partial charge in [0.1, 0.15) is 49.3 Å². The van der Waals surface area contributed by atoms with Crippen LogP contribution in [-0.4, -0.2) is 115 Å². The van der Waals surface area contributed by atoms with E-state index < -0.39 is 74.6 Å². The van der Waals surface area contributed by atoms with Crippen LogP contribution in [0.4, 0.5) is 0 Å². The fraction of sp³-hybridized carbons (Fsp3) is 1.00. The molecule has 2 heterocycles. The third-order valence-corrected chi connectivity index (χ3v) is 4.07. The summed E-state index contributed by atoms with van der Waals surface area (Å²) in [5.41, 5.74) is 0. The zero-order valence-electron chi connectivity index (χ0n) is 13.2. The highest BCUT2D eigenvalue weighted by Crippen LogP contribution is 2.35. The fourth-order valence-corrected chi connectivity index (χ4v) is 2.63. The van der Waals surface area contributed by atoms with Gasteiger partial charge in [-0.05, 0) is 0 Å². The summed E-state index contributed by atoms with van der Waals surface area (Å²) < 4.78 is 15.4. The van der Waals surface area contributed by atoms with Crippen molar-refractivity contribution in [2.75, 3.05) is 19.8 Å². The van der Waals surface area contributed by atoms with Gasteiger partial charge < -0.3 is 61.2 Å². The highest BCUT2D eigenvalue weighted by Gasteiger charge is 2.58. The summed E-state index contributed by atoms with van der Waals surface area (Å²) in [5, 5.41) is 76.7. The molecule has 2 saturated heterocycles. The van der Waals surface area contributed by atoms with Gasteiger partial charge in [-0.3, -0.25) is 0 Å². The van der Waals surface area contributed by atoms with E-state index in [0.717, 1.165) is 0 Å². The van der Waals surface area contributed by atoms with Gasteiger partial charge in [0.05, 0.1) is 13.2 Å². The first-order chi connectivity index (χ1) is 10.8. The minimum absolute atomic E-state index is 0. The Hall–Kier alpha value is -0.190. The summed E-state index contributed by atoms with van der Waals surface area (Å²) >= 11 is 0. The largest absolute Gasteiger partial charge is 0.394 e. The Morgan fingerprint density at radius 3 is 1.80 bits per heavy atom. The van der Waals surface area contributed by atoms with E-state index in [9.17, 15) is 30.6 Å². The van der Waals surface area contributed by atoms with Crippen molar-refractivity contribution >= 4 is 12.4 Å². The second-order valence-corrected chi connectivity index (χ2v) is 5.56. The SMILES string of the molecule is Cl.N.OC[C@H]1O[C@@](CO)(O[C@H]2O[C@H](CO)[C@@H](O)[C@H](O)[C@H]2O)[C@@H](O)[C@@H]1O. The Bertz CT molecular complexity index is 405. The molecule has 0 unspecified atom stereocenters. The lowest BCUT2D eigenvalue weighted by atomic mass is 9.99. The van der Waals surface area contributed by atoms with Crippen LogP contribution in [0.2, 0.25) is 0 Å². The summed E-state index contributed by atoms with van der Waals surface area (Å²) in [6.07, 6.45) is -12.7. The third kappa shape index (κ3) is 4.39. The summed E-state index contributed by atoms with van der Waals surface area (Å²) in [6, 6.07) is 0. The monoisotopic (exact) mass is 395 g/mol. The molecule has 0 aromatic heterocycles. The lowest BCUT2D eigenvalue weighted by Crippen LogP contribution is -2.62. The van der Waals surface area contributed by atoms with Crippen molar-refractivity contribution in [3.8, 4) is 0 Å². The van der Waals surface area contributed by atoms with Gasteiger partial charge in [-0.15, -0.1) is 12.4 Å². The number of rotatable bonds is 5. The van der Waals surface area contributed by atoms with Crippen molar-refractivity contribution in [1.82, 2.24) is 6.15 Å². The Morgan fingerprint density at radius 1 is 0.800 bits per heavy atom. The quantitative estimate of drug-likeness (QED) is 0.214. The highest BCUT2D eigenvalue weighted by molar-refractivity contribution is 5.85. The number of hydrogen-bond donors (Lipinski definition) is 9. The standard InChI is InChI=1S/C12H22O11.ClH.H3N/c13-1-4-6(16)8(18)9(19)11(21-4)23-12(3-15)10(20)7(17)5(2-14)22-12;;/h4-11,13-20H,1-3H2;1H;1H3/t4-,5-,6-,7-,8+,9-,10+,11-,12+;;/m1../s1. The molecule has 2 fully saturated rings. The van der Waals surface area contributed by atoms with Gasteiger partial charge in [0.2, 0.25) is 5.79 Å². The van der Waals surface area contributed by atoms with E-state index in [1.165, 1.54) is 0 Å². The van der Waals surface area contributed by atoms with Crippen molar-refractivity contribution < 1.29 is 55.1 Å². The molecule has 0 aromatic rings. The van der Waals surface area contributed by atoms with Gasteiger partial charge >= 0.3 is 0 Å². The second kappa shape index (κ2) is 9.66. The number of ether oxygens (including phenoxy) is 3. The molecule has 0 radical (unpaired) electrons. The number of aliphatic hydroxyl groups excluding tert-OH is 8. The molecular weight excluding hydrogens is 370 g/mol. The molecule has 11 N–H and O–H groups in total. The van der Waals surface area contributed by atoms with Crippen LogP contribution in [0.5, 0.6) is 0 Å². The molecule has 9 atom stereocenters. The minimum atomic E-state index is -2.22. The van der Waals surface area contributed by atoms with Gasteiger partial charge in [-0.2, -0.15) is 0 Å². The Morgan fingerprint density at radius 2 is 1.36 bits per heavy atom. The van der Waals surface area contributed by atoms with Crippen LogP contribution in [0.1, 0.15) is 0 Å². The molecule has 0 saturated carbocycles. The lowest BCUT2D eigenvalue weighted by molar-refractivity contribution is -0.383. The molecular formula is C12H26ClNO11. The summed E-state index contributed by atoms with van der Waals surface area (Å²) in [5.74, 6) is -2.22. The van der Waals surface area contributed by atoms with Crippen LogP contribution in [-0.2, 0) is 14.2 Å². The molecule has 13 heteroatoms. The first-order valence-electron chi connectivity index (χ1n) is 7.05. The predicted molar refractivity (Wildman–Crippen MR) is 80.9 cm³/mol. The van der Waals surface area contributed by atoms with Gasteiger partial charge in [-0.25, -0.2) is 0 Å². The zero-order valence-corrected chi connectivity index (χ0v) is 14.0. The van der Waals surface area contributed by atoms with Crippen molar-refractivity contribution in [3.05, 3.63) is 0 Å². The van der Waals surface area contributed by atoms with E-state index in [0.29, 0.717) is 0 Å². The molecule has 2 aliphatic rings. The molecule has 2 aliphatic heterocycles. The summed E-state index contributed by atoms with van der Waals surface area (Å²) in [6.45, 7) is -2.32. The second-order valence-electron chi connectivity index (χ2n) is 5.56. The Balaban J connectivity index is 0.00000288. The molecule has 0 bridgehead atoms. The average molecular weight is 396 g/mol. The van der Waals surface area contributed by atoms with Crippen LogP contribution < -0.4 is 6.15 Å². The predicted octanol–water partition coefficient (Wildman–Crippen LogP) is -4.81. The zero-order chi connectivity index (χ0) is 17.4. The van der Waals surface area contributed by atoms with Crippen molar-refractivity contribution in [3.63, 3.8) is 0 Å². The topological polar surface area (TPSA) is 225 Å². The van der Waals surface area contributed by atoms with Gasteiger partial charge in [0.15, 0.2) is 6.29 Å². The molecule has 152 valence electrons. The van der Waals surface area contributed by atoms with Gasteiger partial charge in [0.25, 0.3) is 0 Å². The fourth-order valence-electron chi connectivity index (χ4n) is 2.63. The first kappa shape index (κ1) is 24.8. The maximum atomic E-state index is 10.00. The van der Waals surface area contributed by atoms with E-state index in [1.54, 1.807) is 0 Å². The highest BCUT2D eigenvalue weighted by atomic mass is 35.5. The Labute approximate surface area is 149 Å². The smallest absolute Gasteiger partial charge is 0.224 e. The number of hydrogen-bond acceptors (Lipinski definition) is 12. The maximum Gasteiger partial charge on any atom is 0.224 e. The minimum Gasteiger partial charge on any atom is -0.394 e. The molecule has 2 rings (SSSR count). The van der Waals surface area contributed by atoms with E-state index >= 15 is 0 Å². The average Bonchev–Trinajstić information content (AvgIpc) is 2.80. The van der Waals surface area contributed by atoms with Crippen LogP contribution in [0.15, 0.2) is 0 Å². The molecule has 0 amide bonds. The third-order valence-electron chi connectivity index (χ3n) is 4.07. The molecule has 0 aromatic carbocycles. The van der Waals surface area contributed by atoms with Crippen LogP contribution in [0.25, 0.3) is 0 Å². The number of aliphatic hydroxyl groups is 8. The maximum absolute atomic E-state index is 10.00. The van der Waals surface area contributed by atoms with E-state index in [2.05, 4.69) is 0 Å². The van der Waals surface area contributed by atoms with Crippen LogP contribution >= 0.6 is 12.4 Å². The van der Waals surface area contributed by atoms with Gasteiger partial charge in [-0.1, -0.05) is 0 Å². The normalized spacial score (nSPS) is 47.0. The van der Waals surface area contributed by atoms with Crippen LogP contribution in [0.3, 0.4) is 0 Å². The van der Waals surface area contributed by atoms with Gasteiger partial charge in [0, 0.05) is 0 Å². The Kier molecular flexibility index (Phi) is 9.59. The van der Waals surface area contributed by atoms with Crippen molar-refractivity contribution in [2.24, 2.45) is 0 Å². The van der Waals surface area contributed by atoms with E-state index in [4.69, 9.17) is 24.4 Å². The van der Waals surface area contributed by atoms with E-state index in [1.807, 2.05) is 0 Å². The molecule has 12 nitrogen and oxygen atoms in total. The molecule has 0 aliphatic carbocycles. The number of halogens is 1. The molecule has 25 heavy (non-hydrogen) atoms. The summed E-state index contributed by atoms with van der Waals surface area (Å²) in [4.78, 5) is 0. The summed E-state index contributed by atoms with van der Waals surface area (Å²) in [7, 11) is 0.